The van der Waals surface area contributed by atoms with E-state index in [1.54, 1.807) is 0 Å². The molecule has 3 aromatic carbocycles. The van der Waals surface area contributed by atoms with Crippen LogP contribution in [0.15, 0.2) is 54.6 Å². The summed E-state index contributed by atoms with van der Waals surface area (Å²) in [6, 6.07) is 17.3. The molecule has 0 aromatic heterocycles. The second-order valence-electron chi connectivity index (χ2n) is 10.2. The van der Waals surface area contributed by atoms with E-state index in [0.29, 0.717) is 41.1 Å². The Morgan fingerprint density at radius 3 is 1.56 bits per heavy atom. The van der Waals surface area contributed by atoms with Crippen molar-refractivity contribution in [1.82, 2.24) is 0 Å². The van der Waals surface area contributed by atoms with Crippen LogP contribution in [0.1, 0.15) is 95.3 Å². The molecule has 0 aliphatic heterocycles. The van der Waals surface area contributed by atoms with Crippen molar-refractivity contribution >= 4 is 24.3 Å². The molecule has 0 saturated heterocycles. The van der Waals surface area contributed by atoms with E-state index >= 15 is 0 Å². The smallest absolute Gasteiger partial charge is 0.197 e. The third-order valence-electron chi connectivity index (χ3n) is 6.99. The predicted octanol–water partition coefficient (Wildman–Crippen LogP) is 8.85. The van der Waals surface area contributed by atoms with E-state index in [0.717, 1.165) is 60.8 Å². The number of carbonyl (C=O) groups excluding carboxylic acids is 2. The number of carbonyl (C=O) groups is 2. The molecule has 39 heavy (non-hydrogen) atoms. The SMILES string of the molecule is CCCCCOc1ccc(P(C(=O)c2c(C)cccc2C)C(=O)c2c(C)cccc2C)c(OCCCCC)c1. The first kappa shape index (κ1) is 30.6. The van der Waals surface area contributed by atoms with Gasteiger partial charge in [-0.1, -0.05) is 75.9 Å². The molecule has 0 saturated carbocycles. The average Bonchev–Trinajstić information content (AvgIpc) is 2.90. The molecule has 0 spiro atoms. The zero-order valence-electron chi connectivity index (χ0n) is 24.4. The zero-order chi connectivity index (χ0) is 28.4. The van der Waals surface area contributed by atoms with Crippen molar-refractivity contribution in [2.75, 3.05) is 13.2 Å². The molecule has 3 rings (SSSR count). The summed E-state index contributed by atoms with van der Waals surface area (Å²) < 4.78 is 12.3. The average molecular weight is 547 g/mol. The first-order valence-corrected chi connectivity index (χ1v) is 15.5. The maximum Gasteiger partial charge on any atom is 0.197 e. The maximum atomic E-state index is 14.4. The fourth-order valence-electron chi connectivity index (χ4n) is 4.80. The molecule has 0 atom stereocenters. The fraction of sp³-hybridized carbons (Fsp3) is 0.412. The second kappa shape index (κ2) is 15.0. The van der Waals surface area contributed by atoms with Gasteiger partial charge in [-0.25, -0.2) is 0 Å². The summed E-state index contributed by atoms with van der Waals surface area (Å²) in [7, 11) is -1.93. The lowest BCUT2D eigenvalue weighted by molar-refractivity contribution is 0.105. The Balaban J connectivity index is 2.14. The molecule has 0 fully saturated rings. The van der Waals surface area contributed by atoms with Gasteiger partial charge in [0.1, 0.15) is 11.5 Å². The van der Waals surface area contributed by atoms with Crippen LogP contribution in [0.4, 0.5) is 0 Å². The standard InChI is InChI=1S/C34H43O4P/c1-7-9-11-21-37-28-19-20-30(29(23-28)38-22-12-10-8-2)39(33(35)31-24(3)15-13-16-25(31)4)34(36)32-26(5)17-14-18-27(32)6/h13-20,23H,7-12,21-22H2,1-6H3. The van der Waals surface area contributed by atoms with Crippen molar-refractivity contribution in [3.05, 3.63) is 88.0 Å². The molecule has 0 unspecified atom stereocenters. The Kier molecular flexibility index (Phi) is 11.7. The first-order chi connectivity index (χ1) is 18.8. The summed E-state index contributed by atoms with van der Waals surface area (Å²) in [5.74, 6) is 1.28. The van der Waals surface area contributed by atoms with Crippen molar-refractivity contribution < 1.29 is 19.1 Å². The molecule has 4 nitrogen and oxygen atoms in total. The van der Waals surface area contributed by atoms with Crippen LogP contribution in [0, 0.1) is 27.7 Å². The third-order valence-corrected chi connectivity index (χ3v) is 9.10. The highest BCUT2D eigenvalue weighted by Gasteiger charge is 2.35. The van der Waals surface area contributed by atoms with E-state index in [1.165, 1.54) is 0 Å². The van der Waals surface area contributed by atoms with Crippen LogP contribution >= 0.6 is 7.92 Å². The molecule has 0 radical (unpaired) electrons. The lowest BCUT2D eigenvalue weighted by atomic mass is 10.0. The van der Waals surface area contributed by atoms with Crippen LogP contribution in [-0.4, -0.2) is 24.3 Å². The predicted molar refractivity (Wildman–Crippen MR) is 164 cm³/mol. The van der Waals surface area contributed by atoms with Crippen molar-refractivity contribution in [1.29, 1.82) is 0 Å². The number of unbranched alkanes of at least 4 members (excludes halogenated alkanes) is 4. The minimum atomic E-state index is -1.93. The van der Waals surface area contributed by atoms with Crippen LogP contribution in [0.2, 0.25) is 0 Å². The van der Waals surface area contributed by atoms with Crippen molar-refractivity contribution in [2.24, 2.45) is 0 Å². The highest BCUT2D eigenvalue weighted by atomic mass is 31.1. The number of ether oxygens (including phenoxy) is 2. The number of hydrogen-bond acceptors (Lipinski definition) is 4. The summed E-state index contributed by atoms with van der Waals surface area (Å²) in [6.45, 7) is 13.2. The Morgan fingerprint density at radius 1 is 0.641 bits per heavy atom. The highest BCUT2D eigenvalue weighted by Crippen LogP contribution is 2.47. The second-order valence-corrected chi connectivity index (χ2v) is 12.2. The molecule has 5 heteroatoms. The van der Waals surface area contributed by atoms with E-state index in [9.17, 15) is 9.59 Å². The monoisotopic (exact) mass is 546 g/mol. The molecule has 0 bridgehead atoms. The molecular weight excluding hydrogens is 503 g/mol. The largest absolute Gasteiger partial charge is 0.493 e. The van der Waals surface area contributed by atoms with Gasteiger partial charge in [0.2, 0.25) is 0 Å². The van der Waals surface area contributed by atoms with Gasteiger partial charge in [0.25, 0.3) is 0 Å². The van der Waals surface area contributed by atoms with E-state index in [2.05, 4.69) is 13.8 Å². The molecule has 0 aliphatic carbocycles. The number of rotatable bonds is 15. The van der Waals surface area contributed by atoms with Gasteiger partial charge in [-0.2, -0.15) is 0 Å². The Bertz CT molecular complexity index is 1180. The molecule has 0 amide bonds. The van der Waals surface area contributed by atoms with E-state index < -0.39 is 7.92 Å². The van der Waals surface area contributed by atoms with Crippen LogP contribution in [0.3, 0.4) is 0 Å². The van der Waals surface area contributed by atoms with Gasteiger partial charge >= 0.3 is 0 Å². The number of aryl methyl sites for hydroxylation is 4. The summed E-state index contributed by atoms with van der Waals surface area (Å²) in [5.41, 5.74) is 4.49. The van der Waals surface area contributed by atoms with Gasteiger partial charge in [-0.3, -0.25) is 9.59 Å². The lowest BCUT2D eigenvalue weighted by Gasteiger charge is -2.23. The highest BCUT2D eigenvalue weighted by molar-refractivity contribution is 7.96. The number of hydrogen-bond donors (Lipinski definition) is 0. The maximum absolute atomic E-state index is 14.4. The summed E-state index contributed by atoms with van der Waals surface area (Å²) >= 11 is 0. The molecule has 3 aromatic rings. The molecule has 0 heterocycles. The Morgan fingerprint density at radius 2 is 1.10 bits per heavy atom. The van der Waals surface area contributed by atoms with Gasteiger partial charge in [0.15, 0.2) is 11.0 Å². The Labute approximate surface area is 235 Å². The molecule has 208 valence electrons. The summed E-state index contributed by atoms with van der Waals surface area (Å²) in [5, 5.41) is 0.655. The van der Waals surface area contributed by atoms with Crippen molar-refractivity contribution in [3.63, 3.8) is 0 Å². The van der Waals surface area contributed by atoms with Gasteiger partial charge in [0.05, 0.1) is 21.1 Å². The summed E-state index contributed by atoms with van der Waals surface area (Å²) in [4.78, 5) is 28.8. The minimum absolute atomic E-state index is 0.136. The zero-order valence-corrected chi connectivity index (χ0v) is 25.3. The normalized spacial score (nSPS) is 11.1. The van der Waals surface area contributed by atoms with Gasteiger partial charge in [0, 0.05) is 22.5 Å². The van der Waals surface area contributed by atoms with Crippen molar-refractivity contribution in [2.45, 2.75) is 80.1 Å². The quantitative estimate of drug-likeness (QED) is 0.141. The van der Waals surface area contributed by atoms with Crippen LogP contribution in [0.5, 0.6) is 11.5 Å². The topological polar surface area (TPSA) is 52.6 Å². The lowest BCUT2D eigenvalue weighted by Crippen LogP contribution is -2.21. The summed E-state index contributed by atoms with van der Waals surface area (Å²) in [6.07, 6.45) is 6.26. The molecule has 0 N–H and O–H groups in total. The molecular formula is C34H43O4P. The first-order valence-electron chi connectivity index (χ1n) is 14.2. The van der Waals surface area contributed by atoms with Crippen LogP contribution in [-0.2, 0) is 0 Å². The molecule has 0 aliphatic rings. The third kappa shape index (κ3) is 7.79. The van der Waals surface area contributed by atoms with E-state index in [1.807, 2.05) is 82.3 Å². The minimum Gasteiger partial charge on any atom is -0.493 e. The van der Waals surface area contributed by atoms with Gasteiger partial charge in [-0.15, -0.1) is 0 Å². The Hall–Kier alpha value is -2.97. The van der Waals surface area contributed by atoms with Gasteiger partial charge in [-0.05, 0) is 74.9 Å². The van der Waals surface area contributed by atoms with E-state index in [-0.39, 0.29) is 11.0 Å². The van der Waals surface area contributed by atoms with Crippen LogP contribution < -0.4 is 14.8 Å². The fourth-order valence-corrected chi connectivity index (χ4v) is 7.15. The van der Waals surface area contributed by atoms with Gasteiger partial charge < -0.3 is 9.47 Å². The van der Waals surface area contributed by atoms with Crippen molar-refractivity contribution in [3.8, 4) is 11.5 Å². The van der Waals surface area contributed by atoms with Crippen LogP contribution in [0.25, 0.3) is 0 Å². The van der Waals surface area contributed by atoms with E-state index in [4.69, 9.17) is 9.47 Å². The number of benzene rings is 3.